The van der Waals surface area contributed by atoms with Crippen LogP contribution in [0.5, 0.6) is 17.2 Å². The van der Waals surface area contributed by atoms with Crippen LogP contribution in [-0.2, 0) is 4.79 Å². The van der Waals surface area contributed by atoms with E-state index in [2.05, 4.69) is 10.3 Å². The lowest BCUT2D eigenvalue weighted by Gasteiger charge is -2.10. The summed E-state index contributed by atoms with van der Waals surface area (Å²) in [7, 11) is 1.34. The van der Waals surface area contributed by atoms with Crippen molar-refractivity contribution in [3.05, 3.63) is 57.0 Å². The maximum Gasteiger partial charge on any atom is 0.313 e. The van der Waals surface area contributed by atoms with Gasteiger partial charge in [0.05, 0.1) is 29.2 Å². The van der Waals surface area contributed by atoms with Crippen LogP contribution in [0, 0.1) is 21.4 Å². The minimum Gasteiger partial charge on any atom is -0.490 e. The predicted octanol–water partition coefficient (Wildman–Crippen LogP) is 3.80. The van der Waals surface area contributed by atoms with Crippen LogP contribution in [0.15, 0.2) is 46.3 Å². The maximum atomic E-state index is 12.4. The van der Waals surface area contributed by atoms with E-state index in [4.69, 9.17) is 19.5 Å². The molecule has 1 fully saturated rings. The number of nitro groups is 1. The van der Waals surface area contributed by atoms with Crippen molar-refractivity contribution in [3.8, 4) is 23.3 Å². The van der Waals surface area contributed by atoms with Crippen molar-refractivity contribution in [3.63, 3.8) is 0 Å². The Balaban J connectivity index is 1.84. The number of hydrogen-bond donors (Lipinski definition) is 1. The van der Waals surface area contributed by atoms with E-state index in [0.29, 0.717) is 39.4 Å². The fraction of sp³-hybridized carbons (Fsp3) is 0.190. The standard InChI is InChI=1S/C21H18N4O6S/c1-3-30-18-10-13(4-6-17(18)31-9-8-22)11-19-20(26)24-21(32-19)23-14-5-7-16(29-2)15(12-14)25(27)28/h4-7,10-12H,3,9H2,1-2H3,(H,23,24,26)/b19-11-. The lowest BCUT2D eigenvalue weighted by atomic mass is 10.2. The van der Waals surface area contributed by atoms with E-state index in [-0.39, 0.29) is 24.0 Å². The third-order valence-corrected chi connectivity index (χ3v) is 5.01. The van der Waals surface area contributed by atoms with Crippen molar-refractivity contribution in [1.82, 2.24) is 5.32 Å². The van der Waals surface area contributed by atoms with Gasteiger partial charge in [-0.15, -0.1) is 0 Å². The van der Waals surface area contributed by atoms with Crippen LogP contribution in [0.3, 0.4) is 0 Å². The summed E-state index contributed by atoms with van der Waals surface area (Å²) in [6.45, 7) is 2.12. The molecule has 0 bridgehead atoms. The molecule has 0 aliphatic carbocycles. The quantitative estimate of drug-likeness (QED) is 0.361. The summed E-state index contributed by atoms with van der Waals surface area (Å²) in [6.07, 6.45) is 1.66. The molecule has 1 N–H and O–H groups in total. The summed E-state index contributed by atoms with van der Waals surface area (Å²) < 4.78 is 15.9. The minimum absolute atomic E-state index is 0.109. The van der Waals surface area contributed by atoms with Gasteiger partial charge in [-0.1, -0.05) is 6.07 Å². The molecule has 1 saturated heterocycles. The average Bonchev–Trinajstić information content (AvgIpc) is 3.11. The summed E-state index contributed by atoms with van der Waals surface area (Å²) in [5, 5.41) is 22.8. The molecule has 2 aromatic carbocycles. The van der Waals surface area contributed by atoms with Crippen LogP contribution in [-0.4, -0.2) is 36.3 Å². The predicted molar refractivity (Wildman–Crippen MR) is 119 cm³/mol. The number of amides is 1. The largest absolute Gasteiger partial charge is 0.490 e. The van der Waals surface area contributed by atoms with E-state index in [1.807, 2.05) is 13.0 Å². The summed E-state index contributed by atoms with van der Waals surface area (Å²) in [5.41, 5.74) is 0.775. The van der Waals surface area contributed by atoms with E-state index in [1.165, 1.54) is 19.2 Å². The molecule has 1 heterocycles. The lowest BCUT2D eigenvalue weighted by Crippen LogP contribution is -2.19. The third-order valence-electron chi connectivity index (χ3n) is 4.10. The Labute approximate surface area is 187 Å². The smallest absolute Gasteiger partial charge is 0.313 e. The zero-order valence-corrected chi connectivity index (χ0v) is 18.0. The van der Waals surface area contributed by atoms with Gasteiger partial charge in [0, 0.05) is 6.07 Å². The molecule has 10 nitrogen and oxygen atoms in total. The van der Waals surface area contributed by atoms with E-state index in [1.54, 1.807) is 30.3 Å². The van der Waals surface area contributed by atoms with Gasteiger partial charge in [-0.2, -0.15) is 5.26 Å². The monoisotopic (exact) mass is 454 g/mol. The first kappa shape index (κ1) is 22.6. The zero-order chi connectivity index (χ0) is 23.1. The molecule has 0 saturated carbocycles. The summed E-state index contributed by atoms with van der Waals surface area (Å²) in [5.74, 6) is 0.664. The third kappa shape index (κ3) is 5.35. The van der Waals surface area contributed by atoms with Crippen LogP contribution >= 0.6 is 11.8 Å². The highest BCUT2D eigenvalue weighted by atomic mass is 32.2. The normalized spacial score (nSPS) is 15.3. The van der Waals surface area contributed by atoms with Gasteiger partial charge in [0.15, 0.2) is 29.0 Å². The van der Waals surface area contributed by atoms with E-state index >= 15 is 0 Å². The number of thioether (sulfide) groups is 1. The highest BCUT2D eigenvalue weighted by molar-refractivity contribution is 8.18. The molecular formula is C21H18N4O6S. The molecule has 0 spiro atoms. The first-order valence-corrected chi connectivity index (χ1v) is 10.2. The minimum atomic E-state index is -0.561. The highest BCUT2D eigenvalue weighted by Crippen LogP contribution is 2.34. The molecular weight excluding hydrogens is 436 g/mol. The number of nitriles is 1. The number of ether oxygens (including phenoxy) is 3. The Bertz CT molecular complexity index is 1160. The van der Waals surface area contributed by atoms with Crippen LogP contribution in [0.25, 0.3) is 6.08 Å². The van der Waals surface area contributed by atoms with E-state index in [0.717, 1.165) is 11.8 Å². The van der Waals surface area contributed by atoms with Crippen molar-refractivity contribution in [2.75, 3.05) is 20.3 Å². The Morgan fingerprint density at radius 3 is 2.69 bits per heavy atom. The molecule has 0 unspecified atom stereocenters. The lowest BCUT2D eigenvalue weighted by molar-refractivity contribution is -0.385. The second kappa shape index (κ2) is 10.3. The summed E-state index contributed by atoms with van der Waals surface area (Å²) >= 11 is 1.10. The second-order valence-corrected chi connectivity index (χ2v) is 7.21. The van der Waals surface area contributed by atoms with Gasteiger partial charge in [0.25, 0.3) is 5.91 Å². The molecule has 11 heteroatoms. The number of benzene rings is 2. The second-order valence-electron chi connectivity index (χ2n) is 6.18. The Morgan fingerprint density at radius 2 is 2.00 bits per heavy atom. The van der Waals surface area contributed by atoms with Gasteiger partial charge in [-0.3, -0.25) is 14.9 Å². The fourth-order valence-corrected chi connectivity index (χ4v) is 3.59. The van der Waals surface area contributed by atoms with Crippen molar-refractivity contribution < 1.29 is 23.9 Å². The Morgan fingerprint density at radius 1 is 1.22 bits per heavy atom. The van der Waals surface area contributed by atoms with Gasteiger partial charge in [0.1, 0.15) is 6.07 Å². The number of nitrogens with zero attached hydrogens (tertiary/aromatic N) is 3. The molecule has 32 heavy (non-hydrogen) atoms. The summed E-state index contributed by atoms with van der Waals surface area (Å²) in [6, 6.07) is 11.3. The summed E-state index contributed by atoms with van der Waals surface area (Å²) in [4.78, 5) is 27.7. The number of carbonyl (C=O) groups excluding carboxylic acids is 1. The number of carbonyl (C=O) groups is 1. The van der Waals surface area contributed by atoms with Gasteiger partial charge >= 0.3 is 5.69 Å². The van der Waals surface area contributed by atoms with Gasteiger partial charge in [-0.25, -0.2) is 4.99 Å². The van der Waals surface area contributed by atoms with Crippen LogP contribution < -0.4 is 19.5 Å². The number of methoxy groups -OCH3 is 1. The SMILES string of the molecule is CCOc1cc(/C=C2\SC(=Nc3ccc(OC)c([N+](=O)[O-])c3)NC2=O)ccc1OCC#N. The van der Waals surface area contributed by atoms with Crippen molar-refractivity contribution in [2.45, 2.75) is 6.92 Å². The van der Waals surface area contributed by atoms with Crippen molar-refractivity contribution in [1.29, 1.82) is 5.26 Å². The Hall–Kier alpha value is -4.04. The van der Waals surface area contributed by atoms with Crippen LogP contribution in [0.1, 0.15) is 12.5 Å². The number of nitrogens with one attached hydrogen (secondary N) is 1. The molecule has 3 rings (SSSR count). The van der Waals surface area contributed by atoms with E-state index < -0.39 is 4.92 Å². The van der Waals surface area contributed by atoms with Crippen molar-refractivity contribution in [2.24, 2.45) is 4.99 Å². The molecule has 0 radical (unpaired) electrons. The molecule has 0 aromatic heterocycles. The molecule has 1 aliphatic rings. The highest BCUT2D eigenvalue weighted by Gasteiger charge is 2.24. The number of hydrogen-bond acceptors (Lipinski definition) is 9. The number of amidine groups is 1. The number of nitro benzene ring substituents is 1. The number of rotatable bonds is 8. The van der Waals surface area contributed by atoms with Crippen LogP contribution in [0.4, 0.5) is 11.4 Å². The number of aliphatic imine (C=N–C) groups is 1. The molecule has 164 valence electrons. The van der Waals surface area contributed by atoms with Gasteiger partial charge < -0.3 is 19.5 Å². The van der Waals surface area contributed by atoms with Gasteiger partial charge in [0.2, 0.25) is 0 Å². The zero-order valence-electron chi connectivity index (χ0n) is 17.2. The molecule has 1 aliphatic heterocycles. The first-order valence-electron chi connectivity index (χ1n) is 9.33. The van der Waals surface area contributed by atoms with Crippen molar-refractivity contribution >= 4 is 40.3 Å². The maximum absolute atomic E-state index is 12.4. The topological polar surface area (TPSA) is 136 Å². The molecule has 1 amide bonds. The van der Waals surface area contributed by atoms with Crippen LogP contribution in [0.2, 0.25) is 0 Å². The first-order chi connectivity index (χ1) is 15.4. The fourth-order valence-electron chi connectivity index (χ4n) is 2.75. The van der Waals surface area contributed by atoms with Gasteiger partial charge in [-0.05, 0) is 54.6 Å². The molecule has 2 aromatic rings. The average molecular weight is 454 g/mol. The van der Waals surface area contributed by atoms with E-state index in [9.17, 15) is 14.9 Å². The Kier molecular flexibility index (Phi) is 7.30. The molecule has 0 atom stereocenters.